The SMILES string of the molecule is CCC12COC(=O)C3CC(C)(C)N(C1)C(C)(C)C32. The number of hydrogen-bond acceptors (Lipinski definition) is 3. The summed E-state index contributed by atoms with van der Waals surface area (Å²) < 4.78 is 5.54. The topological polar surface area (TPSA) is 29.5 Å². The van der Waals surface area contributed by atoms with E-state index in [-0.39, 0.29) is 28.4 Å². The molecule has 0 aromatic carbocycles. The van der Waals surface area contributed by atoms with Gasteiger partial charge in [-0.1, -0.05) is 6.92 Å². The van der Waals surface area contributed by atoms with Crippen LogP contribution in [0.15, 0.2) is 0 Å². The zero-order valence-electron chi connectivity index (χ0n) is 12.2. The molecule has 3 aliphatic heterocycles. The van der Waals surface area contributed by atoms with E-state index in [4.69, 9.17) is 4.74 Å². The Bertz CT molecular complexity index is 401. The Labute approximate surface area is 110 Å². The minimum Gasteiger partial charge on any atom is -0.465 e. The molecule has 3 saturated heterocycles. The molecule has 3 aliphatic rings. The maximum Gasteiger partial charge on any atom is 0.309 e. The zero-order chi connectivity index (χ0) is 13.3. The Hall–Kier alpha value is -0.570. The van der Waals surface area contributed by atoms with Crippen LogP contribution in [0.2, 0.25) is 0 Å². The van der Waals surface area contributed by atoms with Gasteiger partial charge in [0, 0.05) is 29.0 Å². The molecular weight excluding hydrogens is 226 g/mol. The van der Waals surface area contributed by atoms with Gasteiger partial charge in [-0.05, 0) is 40.5 Å². The summed E-state index contributed by atoms with van der Waals surface area (Å²) in [5.41, 5.74) is 0.405. The summed E-state index contributed by atoms with van der Waals surface area (Å²) in [7, 11) is 0. The minimum absolute atomic E-state index is 0.0479. The van der Waals surface area contributed by atoms with Gasteiger partial charge in [0.05, 0.1) is 12.5 Å². The van der Waals surface area contributed by atoms with Crippen molar-refractivity contribution in [3.63, 3.8) is 0 Å². The fourth-order valence-electron chi connectivity index (χ4n) is 5.32. The Morgan fingerprint density at radius 3 is 2.61 bits per heavy atom. The van der Waals surface area contributed by atoms with Gasteiger partial charge in [-0.25, -0.2) is 0 Å². The van der Waals surface area contributed by atoms with Crippen LogP contribution in [0.1, 0.15) is 47.5 Å². The smallest absolute Gasteiger partial charge is 0.309 e. The molecule has 0 aromatic heterocycles. The number of nitrogens with zero attached hydrogens (tertiary/aromatic N) is 1. The molecule has 4 atom stereocenters. The minimum atomic E-state index is 0.0479. The van der Waals surface area contributed by atoms with E-state index in [1.165, 1.54) is 0 Å². The van der Waals surface area contributed by atoms with E-state index in [2.05, 4.69) is 39.5 Å². The predicted molar refractivity (Wildman–Crippen MR) is 70.1 cm³/mol. The van der Waals surface area contributed by atoms with E-state index in [1.54, 1.807) is 0 Å². The Morgan fingerprint density at radius 1 is 1.33 bits per heavy atom. The van der Waals surface area contributed by atoms with E-state index >= 15 is 0 Å². The first-order chi connectivity index (χ1) is 8.24. The molecule has 18 heavy (non-hydrogen) atoms. The summed E-state index contributed by atoms with van der Waals surface area (Å²) in [4.78, 5) is 14.8. The van der Waals surface area contributed by atoms with Crippen LogP contribution in [0, 0.1) is 17.3 Å². The first-order valence-electron chi connectivity index (χ1n) is 7.19. The molecule has 3 nitrogen and oxygen atoms in total. The summed E-state index contributed by atoms with van der Waals surface area (Å²) in [6.45, 7) is 13.2. The van der Waals surface area contributed by atoms with Crippen molar-refractivity contribution in [1.29, 1.82) is 0 Å². The number of fused-ring (bicyclic) bond motifs is 1. The first kappa shape index (κ1) is 12.5. The van der Waals surface area contributed by atoms with Crippen LogP contribution in [0.5, 0.6) is 0 Å². The molecular formula is C15H25NO2. The van der Waals surface area contributed by atoms with Crippen molar-refractivity contribution in [1.82, 2.24) is 4.90 Å². The largest absolute Gasteiger partial charge is 0.465 e. The second kappa shape index (κ2) is 3.30. The van der Waals surface area contributed by atoms with E-state index in [9.17, 15) is 4.79 Å². The fraction of sp³-hybridized carbons (Fsp3) is 0.933. The normalized spacial score (nSPS) is 47.8. The van der Waals surface area contributed by atoms with Crippen LogP contribution < -0.4 is 0 Å². The van der Waals surface area contributed by atoms with Gasteiger partial charge >= 0.3 is 5.97 Å². The number of hydrogen-bond donors (Lipinski definition) is 0. The maximum atomic E-state index is 12.2. The van der Waals surface area contributed by atoms with Crippen LogP contribution in [0.3, 0.4) is 0 Å². The van der Waals surface area contributed by atoms with Gasteiger partial charge < -0.3 is 4.74 Å². The lowest BCUT2D eigenvalue weighted by molar-refractivity contribution is -0.176. The van der Waals surface area contributed by atoms with Gasteiger partial charge in [0.2, 0.25) is 0 Å². The molecule has 0 saturated carbocycles. The highest BCUT2D eigenvalue weighted by molar-refractivity contribution is 5.75. The highest BCUT2D eigenvalue weighted by atomic mass is 16.5. The summed E-state index contributed by atoms with van der Waals surface area (Å²) >= 11 is 0. The van der Waals surface area contributed by atoms with Gasteiger partial charge in [-0.2, -0.15) is 0 Å². The van der Waals surface area contributed by atoms with Crippen molar-refractivity contribution in [2.24, 2.45) is 17.3 Å². The quantitative estimate of drug-likeness (QED) is 0.670. The maximum absolute atomic E-state index is 12.2. The molecule has 4 unspecified atom stereocenters. The third-order valence-corrected chi connectivity index (χ3v) is 5.95. The molecule has 0 amide bonds. The molecule has 3 heteroatoms. The third kappa shape index (κ3) is 1.26. The standard InChI is InChI=1S/C15H25NO2/c1-6-15-8-16-13(2,3)7-10(12(17)18-9-15)11(15)14(16,4)5/h10-11H,6-9H2,1-5H3. The molecule has 0 aromatic rings. The Kier molecular flexibility index (Phi) is 2.28. The lowest BCUT2D eigenvalue weighted by Crippen LogP contribution is -2.62. The Balaban J connectivity index is 2.15. The second-order valence-corrected chi connectivity index (χ2v) is 7.66. The predicted octanol–water partition coefficient (Wildman–Crippen LogP) is 2.45. The number of esters is 1. The van der Waals surface area contributed by atoms with Crippen molar-refractivity contribution in [3.8, 4) is 0 Å². The van der Waals surface area contributed by atoms with E-state index < -0.39 is 0 Å². The molecule has 0 aliphatic carbocycles. The first-order valence-corrected chi connectivity index (χ1v) is 7.19. The lowest BCUT2D eigenvalue weighted by atomic mass is 9.59. The van der Waals surface area contributed by atoms with Crippen LogP contribution in [-0.2, 0) is 9.53 Å². The highest BCUT2D eigenvalue weighted by Crippen LogP contribution is 2.61. The van der Waals surface area contributed by atoms with Gasteiger partial charge in [-0.15, -0.1) is 0 Å². The molecule has 3 rings (SSSR count). The number of piperidine rings is 1. The van der Waals surface area contributed by atoms with Crippen molar-refractivity contribution < 1.29 is 9.53 Å². The van der Waals surface area contributed by atoms with Crippen molar-refractivity contribution in [2.75, 3.05) is 13.2 Å². The molecule has 0 radical (unpaired) electrons. The summed E-state index contributed by atoms with van der Waals surface area (Å²) in [5, 5.41) is 0. The molecule has 2 bridgehead atoms. The summed E-state index contributed by atoms with van der Waals surface area (Å²) in [6, 6.07) is 0. The van der Waals surface area contributed by atoms with Gasteiger partial charge in [0.15, 0.2) is 0 Å². The average Bonchev–Trinajstić information content (AvgIpc) is 2.47. The zero-order valence-corrected chi connectivity index (χ0v) is 12.2. The monoisotopic (exact) mass is 251 g/mol. The number of rotatable bonds is 1. The van der Waals surface area contributed by atoms with Crippen LogP contribution in [0.4, 0.5) is 0 Å². The van der Waals surface area contributed by atoms with Crippen molar-refractivity contribution >= 4 is 5.97 Å². The van der Waals surface area contributed by atoms with Gasteiger partial charge in [0.25, 0.3) is 0 Å². The van der Waals surface area contributed by atoms with Crippen molar-refractivity contribution in [2.45, 2.75) is 58.5 Å². The molecule has 3 fully saturated rings. The molecule has 3 heterocycles. The van der Waals surface area contributed by atoms with Crippen molar-refractivity contribution in [3.05, 3.63) is 0 Å². The molecule has 0 N–H and O–H groups in total. The van der Waals surface area contributed by atoms with Crippen LogP contribution in [0.25, 0.3) is 0 Å². The number of carbonyl (C=O) groups excluding carboxylic acids is 1. The van der Waals surface area contributed by atoms with Gasteiger partial charge in [-0.3, -0.25) is 9.69 Å². The van der Waals surface area contributed by atoms with Crippen LogP contribution in [-0.4, -0.2) is 35.1 Å². The van der Waals surface area contributed by atoms with E-state index in [1.807, 2.05) is 0 Å². The Morgan fingerprint density at radius 2 is 2.00 bits per heavy atom. The molecule has 102 valence electrons. The van der Waals surface area contributed by atoms with E-state index in [0.29, 0.717) is 12.5 Å². The second-order valence-electron chi connectivity index (χ2n) is 7.66. The third-order valence-electron chi connectivity index (χ3n) is 5.95. The summed E-state index contributed by atoms with van der Waals surface area (Å²) in [6.07, 6.45) is 2.05. The number of ether oxygens (including phenoxy) is 1. The lowest BCUT2D eigenvalue weighted by Gasteiger charge is -2.55. The van der Waals surface area contributed by atoms with Gasteiger partial charge in [0.1, 0.15) is 0 Å². The number of cyclic esters (lactones) is 1. The highest BCUT2D eigenvalue weighted by Gasteiger charge is 2.68. The molecule has 0 spiro atoms. The average molecular weight is 251 g/mol. The number of carbonyl (C=O) groups is 1. The summed E-state index contributed by atoms with van der Waals surface area (Å²) in [5.74, 6) is 0.610. The fourth-order valence-corrected chi connectivity index (χ4v) is 5.32. The van der Waals surface area contributed by atoms with Crippen LogP contribution >= 0.6 is 0 Å². The van der Waals surface area contributed by atoms with E-state index in [0.717, 1.165) is 19.4 Å².